The smallest absolute Gasteiger partial charge is 0.226 e. The van der Waals surface area contributed by atoms with Gasteiger partial charge in [-0.15, -0.1) is 10.2 Å². The van der Waals surface area contributed by atoms with Crippen LogP contribution in [0.2, 0.25) is 0 Å². The second-order valence-corrected chi connectivity index (χ2v) is 5.51. The van der Waals surface area contributed by atoms with Gasteiger partial charge in [0.2, 0.25) is 11.0 Å². The summed E-state index contributed by atoms with van der Waals surface area (Å²) in [5, 5.41) is 11.8. The lowest BCUT2D eigenvalue weighted by Crippen LogP contribution is -2.12. The van der Waals surface area contributed by atoms with Crippen LogP contribution in [0.15, 0.2) is 18.2 Å². The van der Waals surface area contributed by atoms with E-state index in [9.17, 15) is 4.79 Å². The number of ether oxygens (including phenoxy) is 2. The molecule has 0 spiro atoms. The molecule has 0 fully saturated rings. The highest BCUT2D eigenvalue weighted by Crippen LogP contribution is 2.31. The molecular formula is C14H17N3O3S. The third-order valence-corrected chi connectivity index (χ3v) is 3.63. The van der Waals surface area contributed by atoms with Gasteiger partial charge < -0.3 is 14.8 Å². The number of rotatable bonds is 6. The van der Waals surface area contributed by atoms with Crippen LogP contribution in [0, 0.1) is 6.92 Å². The first-order chi connectivity index (χ1) is 10.1. The van der Waals surface area contributed by atoms with Crippen LogP contribution in [0.4, 0.5) is 5.13 Å². The predicted octanol–water partition coefficient (Wildman–Crippen LogP) is 2.44. The lowest BCUT2D eigenvalue weighted by molar-refractivity contribution is -0.116. The number of anilines is 1. The fourth-order valence-electron chi connectivity index (χ4n) is 1.93. The molecule has 2 aromatic rings. The van der Waals surface area contributed by atoms with Crippen LogP contribution in [0.3, 0.4) is 0 Å². The summed E-state index contributed by atoms with van der Waals surface area (Å²) in [6.45, 7) is 1.84. The Hall–Kier alpha value is -2.15. The zero-order valence-electron chi connectivity index (χ0n) is 12.2. The number of hydrogen-bond donors (Lipinski definition) is 1. The molecule has 1 N–H and O–H groups in total. The fraction of sp³-hybridized carbons (Fsp3) is 0.357. The number of carbonyl (C=O) groups excluding carboxylic acids is 1. The van der Waals surface area contributed by atoms with E-state index in [-0.39, 0.29) is 5.91 Å². The number of methoxy groups -OCH3 is 2. The van der Waals surface area contributed by atoms with Gasteiger partial charge in [0, 0.05) is 6.42 Å². The second-order valence-electron chi connectivity index (χ2n) is 4.33. The van der Waals surface area contributed by atoms with Gasteiger partial charge in [0.05, 0.1) is 14.2 Å². The Morgan fingerprint density at radius 2 is 2.10 bits per heavy atom. The normalized spacial score (nSPS) is 10.2. The van der Waals surface area contributed by atoms with Gasteiger partial charge in [-0.25, -0.2) is 0 Å². The highest BCUT2D eigenvalue weighted by molar-refractivity contribution is 7.15. The SMILES string of the molecule is COc1cccc(CCC(=O)Nc2nnc(C)s2)c1OC. The van der Waals surface area contributed by atoms with Gasteiger partial charge in [-0.2, -0.15) is 0 Å². The van der Waals surface area contributed by atoms with Crippen LogP contribution in [0.5, 0.6) is 11.5 Å². The van der Waals surface area contributed by atoms with Crippen molar-refractivity contribution in [1.29, 1.82) is 0 Å². The van der Waals surface area contributed by atoms with E-state index in [4.69, 9.17) is 9.47 Å². The van der Waals surface area contributed by atoms with Gasteiger partial charge in [-0.1, -0.05) is 23.5 Å². The van der Waals surface area contributed by atoms with E-state index >= 15 is 0 Å². The van der Waals surface area contributed by atoms with E-state index in [2.05, 4.69) is 15.5 Å². The van der Waals surface area contributed by atoms with Crippen molar-refractivity contribution in [3.63, 3.8) is 0 Å². The number of para-hydroxylation sites is 1. The Balaban J connectivity index is 1.98. The molecule has 1 heterocycles. The molecule has 0 aliphatic rings. The molecule has 0 aliphatic carbocycles. The molecule has 2 rings (SSSR count). The van der Waals surface area contributed by atoms with E-state index in [1.54, 1.807) is 14.2 Å². The highest BCUT2D eigenvalue weighted by atomic mass is 32.1. The van der Waals surface area contributed by atoms with Crippen molar-refractivity contribution < 1.29 is 14.3 Å². The molecule has 0 aliphatic heterocycles. The van der Waals surface area contributed by atoms with Gasteiger partial charge in [0.15, 0.2) is 11.5 Å². The maximum absolute atomic E-state index is 11.9. The number of carbonyl (C=O) groups is 1. The van der Waals surface area contributed by atoms with Crippen molar-refractivity contribution in [1.82, 2.24) is 10.2 Å². The van der Waals surface area contributed by atoms with Gasteiger partial charge >= 0.3 is 0 Å². The summed E-state index contributed by atoms with van der Waals surface area (Å²) in [5.41, 5.74) is 0.931. The van der Waals surface area contributed by atoms with Crippen LogP contribution in [-0.2, 0) is 11.2 Å². The quantitative estimate of drug-likeness (QED) is 0.887. The van der Waals surface area contributed by atoms with Crippen molar-refractivity contribution in [2.45, 2.75) is 19.8 Å². The molecule has 1 aromatic heterocycles. The highest BCUT2D eigenvalue weighted by Gasteiger charge is 2.12. The Labute approximate surface area is 127 Å². The fourth-order valence-corrected chi connectivity index (χ4v) is 2.54. The Kier molecular flexibility index (Phi) is 5.10. The molecule has 0 saturated heterocycles. The van der Waals surface area contributed by atoms with Gasteiger partial charge in [0.25, 0.3) is 0 Å². The zero-order valence-corrected chi connectivity index (χ0v) is 13.0. The van der Waals surface area contributed by atoms with Gasteiger partial charge in [-0.3, -0.25) is 4.79 Å². The van der Waals surface area contributed by atoms with Crippen molar-refractivity contribution in [3.8, 4) is 11.5 Å². The Morgan fingerprint density at radius 1 is 1.29 bits per heavy atom. The molecule has 0 radical (unpaired) electrons. The summed E-state index contributed by atoms with van der Waals surface area (Å²) in [7, 11) is 3.18. The molecule has 7 heteroatoms. The Morgan fingerprint density at radius 3 is 2.71 bits per heavy atom. The number of aromatic nitrogens is 2. The van der Waals surface area contributed by atoms with Crippen LogP contribution < -0.4 is 14.8 Å². The van der Waals surface area contributed by atoms with Crippen LogP contribution >= 0.6 is 11.3 Å². The second kappa shape index (κ2) is 7.03. The van der Waals surface area contributed by atoms with E-state index in [1.807, 2.05) is 25.1 Å². The lowest BCUT2D eigenvalue weighted by Gasteiger charge is -2.12. The first kappa shape index (κ1) is 15.2. The molecule has 112 valence electrons. The number of hydrogen-bond acceptors (Lipinski definition) is 6. The summed E-state index contributed by atoms with van der Waals surface area (Å²) in [6.07, 6.45) is 0.895. The third-order valence-electron chi connectivity index (χ3n) is 2.88. The number of benzene rings is 1. The molecule has 0 saturated carbocycles. The minimum atomic E-state index is -0.101. The predicted molar refractivity (Wildman–Crippen MR) is 81.1 cm³/mol. The molecule has 0 atom stereocenters. The minimum absolute atomic E-state index is 0.101. The third kappa shape index (κ3) is 3.91. The van der Waals surface area contributed by atoms with E-state index < -0.39 is 0 Å². The van der Waals surface area contributed by atoms with Crippen LogP contribution in [0.1, 0.15) is 17.0 Å². The summed E-state index contributed by atoms with van der Waals surface area (Å²) >= 11 is 1.35. The average Bonchev–Trinajstić information content (AvgIpc) is 2.89. The summed E-state index contributed by atoms with van der Waals surface area (Å²) < 4.78 is 10.6. The molecule has 6 nitrogen and oxygen atoms in total. The summed E-state index contributed by atoms with van der Waals surface area (Å²) in [6, 6.07) is 5.62. The Bertz CT molecular complexity index is 628. The van der Waals surface area contributed by atoms with Gasteiger partial charge in [-0.05, 0) is 25.0 Å². The first-order valence-corrected chi connectivity index (χ1v) is 7.25. The largest absolute Gasteiger partial charge is 0.493 e. The van der Waals surface area contributed by atoms with Crippen LogP contribution in [0.25, 0.3) is 0 Å². The molecule has 21 heavy (non-hydrogen) atoms. The number of nitrogens with zero attached hydrogens (tertiary/aromatic N) is 2. The van der Waals surface area contributed by atoms with E-state index in [0.717, 1.165) is 10.6 Å². The maximum Gasteiger partial charge on any atom is 0.226 e. The summed E-state index contributed by atoms with van der Waals surface area (Å²) in [4.78, 5) is 11.9. The number of amides is 1. The molecule has 1 amide bonds. The van der Waals surface area contributed by atoms with Crippen molar-refractivity contribution >= 4 is 22.4 Å². The number of nitrogens with one attached hydrogen (secondary N) is 1. The standard InChI is InChI=1S/C14H17N3O3S/c1-9-16-17-14(21-9)15-12(18)8-7-10-5-4-6-11(19-2)13(10)20-3/h4-6H,7-8H2,1-3H3,(H,15,17,18). The maximum atomic E-state index is 11.9. The molecular weight excluding hydrogens is 290 g/mol. The summed E-state index contributed by atoms with van der Waals surface area (Å²) in [5.74, 6) is 1.23. The van der Waals surface area contributed by atoms with E-state index in [0.29, 0.717) is 29.5 Å². The number of aryl methyl sites for hydroxylation is 2. The first-order valence-electron chi connectivity index (χ1n) is 6.44. The van der Waals surface area contributed by atoms with Crippen molar-refractivity contribution in [2.75, 3.05) is 19.5 Å². The van der Waals surface area contributed by atoms with Crippen molar-refractivity contribution in [3.05, 3.63) is 28.8 Å². The van der Waals surface area contributed by atoms with Crippen molar-refractivity contribution in [2.24, 2.45) is 0 Å². The topological polar surface area (TPSA) is 73.3 Å². The molecule has 1 aromatic carbocycles. The minimum Gasteiger partial charge on any atom is -0.493 e. The van der Waals surface area contributed by atoms with Gasteiger partial charge in [0.1, 0.15) is 5.01 Å². The molecule has 0 bridgehead atoms. The van der Waals surface area contributed by atoms with Crippen LogP contribution in [-0.4, -0.2) is 30.3 Å². The monoisotopic (exact) mass is 307 g/mol. The average molecular weight is 307 g/mol. The lowest BCUT2D eigenvalue weighted by atomic mass is 10.1. The zero-order chi connectivity index (χ0) is 15.2. The van der Waals surface area contributed by atoms with E-state index in [1.165, 1.54) is 11.3 Å². The molecule has 0 unspecified atom stereocenters.